The summed E-state index contributed by atoms with van der Waals surface area (Å²) in [5, 5.41) is 13.2. The van der Waals surface area contributed by atoms with Crippen LogP contribution in [0, 0.1) is 0 Å². The Kier molecular flexibility index (Phi) is 3.97. The molecule has 7 heteroatoms. The van der Waals surface area contributed by atoms with Crippen molar-refractivity contribution in [1.29, 1.82) is 0 Å². The molecule has 2 aliphatic heterocycles. The third kappa shape index (κ3) is 3.02. The molecular weight excluding hydrogens is 342 g/mol. The first-order chi connectivity index (χ1) is 13.2. The number of benzene rings is 1. The van der Waals surface area contributed by atoms with E-state index in [-0.39, 0.29) is 5.56 Å². The van der Waals surface area contributed by atoms with Gasteiger partial charge in [-0.25, -0.2) is 4.68 Å². The Balaban J connectivity index is 1.34. The summed E-state index contributed by atoms with van der Waals surface area (Å²) in [6.45, 7) is 0.301. The number of aryl methyl sites for hydroxylation is 1. The molecule has 27 heavy (non-hydrogen) atoms. The number of piperidine rings is 1. The molecule has 4 heterocycles. The fraction of sp³-hybridized carbons (Fsp3) is 0.450. The average molecular weight is 365 g/mol. The molecular formula is C20H23N5O2. The molecule has 140 valence electrons. The maximum Gasteiger partial charge on any atom is 0.254 e. The first-order valence-corrected chi connectivity index (χ1v) is 9.56. The van der Waals surface area contributed by atoms with E-state index >= 15 is 0 Å². The van der Waals surface area contributed by atoms with E-state index in [1.54, 1.807) is 11.6 Å². The Morgan fingerprint density at radius 3 is 2.81 bits per heavy atom. The lowest BCUT2D eigenvalue weighted by atomic mass is 10.0. The molecule has 0 amide bonds. The smallest absolute Gasteiger partial charge is 0.254 e. The highest BCUT2D eigenvalue weighted by Crippen LogP contribution is 2.33. The van der Waals surface area contributed by atoms with Crippen LogP contribution in [0.5, 0.6) is 5.75 Å². The van der Waals surface area contributed by atoms with Crippen molar-refractivity contribution in [3.05, 3.63) is 52.6 Å². The summed E-state index contributed by atoms with van der Waals surface area (Å²) < 4.78 is 9.58. The third-order valence-electron chi connectivity index (χ3n) is 5.87. The number of para-hydroxylation sites is 1. The molecule has 0 aliphatic carbocycles. The SMILES string of the molecule is Cn1c(=O)cc(OCc2cn(C3CC4CCC(C3)N4)nn2)c2ccccc21. The zero-order valence-electron chi connectivity index (χ0n) is 15.3. The van der Waals surface area contributed by atoms with Gasteiger partial charge in [0.15, 0.2) is 0 Å². The van der Waals surface area contributed by atoms with E-state index in [4.69, 9.17) is 4.74 Å². The van der Waals surface area contributed by atoms with Gasteiger partial charge in [0.25, 0.3) is 5.56 Å². The summed E-state index contributed by atoms with van der Waals surface area (Å²) >= 11 is 0. The zero-order valence-corrected chi connectivity index (χ0v) is 15.3. The Labute approximate surface area is 156 Å². The summed E-state index contributed by atoms with van der Waals surface area (Å²) in [5.74, 6) is 0.586. The lowest BCUT2D eigenvalue weighted by Gasteiger charge is -2.28. The number of rotatable bonds is 4. The van der Waals surface area contributed by atoms with Crippen molar-refractivity contribution >= 4 is 10.9 Å². The fourth-order valence-corrected chi connectivity index (χ4v) is 4.45. The van der Waals surface area contributed by atoms with Gasteiger partial charge in [-0.2, -0.15) is 0 Å². The van der Waals surface area contributed by atoms with Crippen molar-refractivity contribution in [2.24, 2.45) is 7.05 Å². The van der Waals surface area contributed by atoms with Crippen molar-refractivity contribution in [3.63, 3.8) is 0 Å². The standard InChI is InChI=1S/C20H23N5O2/c1-24-18-5-3-2-4-17(18)19(10-20(24)26)27-12-15-11-25(23-22-15)16-8-13-6-7-14(9-16)21-13/h2-5,10-11,13-14,16,21H,6-9,12H2,1H3. The zero-order chi connectivity index (χ0) is 18.4. The van der Waals surface area contributed by atoms with E-state index in [0.717, 1.165) is 29.4 Å². The van der Waals surface area contributed by atoms with Gasteiger partial charge in [-0.05, 0) is 37.8 Å². The van der Waals surface area contributed by atoms with Gasteiger partial charge in [0, 0.05) is 30.6 Å². The molecule has 2 bridgehead atoms. The van der Waals surface area contributed by atoms with Crippen LogP contribution in [0.4, 0.5) is 0 Å². The largest absolute Gasteiger partial charge is 0.486 e. The molecule has 2 saturated heterocycles. The number of pyridine rings is 1. The summed E-state index contributed by atoms with van der Waals surface area (Å²) in [4.78, 5) is 12.2. The van der Waals surface area contributed by atoms with Crippen LogP contribution in [-0.4, -0.2) is 31.6 Å². The number of fused-ring (bicyclic) bond motifs is 3. The second-order valence-electron chi connectivity index (χ2n) is 7.66. The Bertz CT molecular complexity index is 1030. The molecule has 3 aromatic rings. The second kappa shape index (κ2) is 6.49. The van der Waals surface area contributed by atoms with Crippen molar-refractivity contribution < 1.29 is 4.74 Å². The molecule has 2 aliphatic rings. The van der Waals surface area contributed by atoms with Gasteiger partial charge in [0.1, 0.15) is 18.1 Å². The lowest BCUT2D eigenvalue weighted by molar-refractivity contribution is 0.278. The number of nitrogens with zero attached hydrogens (tertiary/aromatic N) is 4. The summed E-state index contributed by atoms with van der Waals surface area (Å²) in [6, 6.07) is 10.9. The molecule has 1 aromatic carbocycles. The average Bonchev–Trinajstić information content (AvgIpc) is 3.30. The molecule has 0 saturated carbocycles. The van der Waals surface area contributed by atoms with Crippen LogP contribution >= 0.6 is 0 Å². The maximum atomic E-state index is 12.2. The highest BCUT2D eigenvalue weighted by molar-refractivity contribution is 5.85. The van der Waals surface area contributed by atoms with Gasteiger partial charge in [-0.3, -0.25) is 4.79 Å². The van der Waals surface area contributed by atoms with Crippen LogP contribution in [0.1, 0.15) is 37.4 Å². The molecule has 1 N–H and O–H groups in total. The van der Waals surface area contributed by atoms with E-state index in [2.05, 4.69) is 15.6 Å². The molecule has 2 atom stereocenters. The van der Waals surface area contributed by atoms with Crippen molar-refractivity contribution in [1.82, 2.24) is 24.9 Å². The number of aromatic nitrogens is 4. The van der Waals surface area contributed by atoms with E-state index in [9.17, 15) is 4.79 Å². The first kappa shape index (κ1) is 16.5. The minimum absolute atomic E-state index is 0.0856. The molecule has 0 spiro atoms. The van der Waals surface area contributed by atoms with E-state index in [1.165, 1.54) is 18.9 Å². The number of hydrogen-bond donors (Lipinski definition) is 1. The molecule has 2 unspecified atom stereocenters. The van der Waals surface area contributed by atoms with Crippen molar-refractivity contribution in [2.45, 2.75) is 50.4 Å². The van der Waals surface area contributed by atoms with Crippen LogP contribution in [0.15, 0.2) is 41.3 Å². The fourth-order valence-electron chi connectivity index (χ4n) is 4.45. The quantitative estimate of drug-likeness (QED) is 0.767. The molecule has 2 aromatic heterocycles. The van der Waals surface area contributed by atoms with Crippen LogP contribution in [-0.2, 0) is 13.7 Å². The Morgan fingerprint density at radius 2 is 2.00 bits per heavy atom. The van der Waals surface area contributed by atoms with E-state index in [1.807, 2.05) is 35.1 Å². The molecule has 7 nitrogen and oxygen atoms in total. The normalized spacial score (nSPS) is 24.4. The topological polar surface area (TPSA) is 74.0 Å². The van der Waals surface area contributed by atoms with E-state index < -0.39 is 0 Å². The second-order valence-corrected chi connectivity index (χ2v) is 7.66. The minimum atomic E-state index is -0.0856. The van der Waals surface area contributed by atoms with Gasteiger partial charge in [0.2, 0.25) is 0 Å². The first-order valence-electron chi connectivity index (χ1n) is 9.56. The van der Waals surface area contributed by atoms with Gasteiger partial charge in [-0.15, -0.1) is 5.10 Å². The van der Waals surface area contributed by atoms with Crippen LogP contribution in [0.25, 0.3) is 10.9 Å². The molecule has 2 fully saturated rings. The minimum Gasteiger partial charge on any atom is -0.486 e. The van der Waals surface area contributed by atoms with Gasteiger partial charge >= 0.3 is 0 Å². The van der Waals surface area contributed by atoms with Gasteiger partial charge < -0.3 is 14.6 Å². The predicted molar refractivity (Wildman–Crippen MR) is 102 cm³/mol. The van der Waals surface area contributed by atoms with Crippen LogP contribution in [0.2, 0.25) is 0 Å². The molecule has 5 rings (SSSR count). The van der Waals surface area contributed by atoms with Crippen molar-refractivity contribution in [2.75, 3.05) is 0 Å². The van der Waals surface area contributed by atoms with Crippen LogP contribution < -0.4 is 15.6 Å². The summed E-state index contributed by atoms with van der Waals surface area (Å²) in [5.41, 5.74) is 1.55. The molecule has 0 radical (unpaired) electrons. The lowest BCUT2D eigenvalue weighted by Crippen LogP contribution is -2.39. The highest BCUT2D eigenvalue weighted by Gasteiger charge is 2.34. The highest BCUT2D eigenvalue weighted by atomic mass is 16.5. The van der Waals surface area contributed by atoms with E-state index in [0.29, 0.717) is 30.5 Å². The maximum absolute atomic E-state index is 12.2. The summed E-state index contributed by atoms with van der Waals surface area (Å²) in [7, 11) is 1.77. The van der Waals surface area contributed by atoms with Crippen molar-refractivity contribution in [3.8, 4) is 5.75 Å². The van der Waals surface area contributed by atoms with Gasteiger partial charge in [-0.1, -0.05) is 17.3 Å². The Morgan fingerprint density at radius 1 is 1.22 bits per heavy atom. The number of hydrogen-bond acceptors (Lipinski definition) is 5. The third-order valence-corrected chi connectivity index (χ3v) is 5.87. The van der Waals surface area contributed by atoms with Crippen LogP contribution in [0.3, 0.4) is 0 Å². The monoisotopic (exact) mass is 365 g/mol. The van der Waals surface area contributed by atoms with Gasteiger partial charge in [0.05, 0.1) is 17.8 Å². The predicted octanol–water partition coefficient (Wildman–Crippen LogP) is 2.16. The number of nitrogens with one attached hydrogen (secondary N) is 1. The number of ether oxygens (including phenoxy) is 1. The summed E-state index contributed by atoms with van der Waals surface area (Å²) in [6.07, 6.45) is 6.74. The Hall–Kier alpha value is -2.67.